The second kappa shape index (κ2) is 3.52. The Labute approximate surface area is 94.9 Å². The van der Waals surface area contributed by atoms with Gasteiger partial charge in [-0.15, -0.1) is 0 Å². The van der Waals surface area contributed by atoms with Gasteiger partial charge in [-0.2, -0.15) is 0 Å². The van der Waals surface area contributed by atoms with Crippen molar-refractivity contribution in [2.45, 2.75) is 38.6 Å². The molecule has 0 amide bonds. The molecule has 0 radical (unpaired) electrons. The first kappa shape index (κ1) is 11.5. The minimum absolute atomic E-state index is 0.0511. The van der Waals surface area contributed by atoms with Crippen LogP contribution in [0.15, 0.2) is 6.07 Å². The predicted octanol–water partition coefficient (Wildman–Crippen LogP) is 3.22. The number of benzene rings is 1. The van der Waals surface area contributed by atoms with Crippen molar-refractivity contribution < 1.29 is 8.78 Å². The van der Waals surface area contributed by atoms with Gasteiger partial charge in [0.05, 0.1) is 0 Å². The van der Waals surface area contributed by atoms with Crippen LogP contribution in [0.2, 0.25) is 0 Å². The van der Waals surface area contributed by atoms with Crippen LogP contribution < -0.4 is 5.32 Å². The van der Waals surface area contributed by atoms with Crippen LogP contribution in [0.5, 0.6) is 0 Å². The molecular formula is C13H17F2N. The average Bonchev–Trinajstić information content (AvgIpc) is 2.46. The first-order valence-electron chi connectivity index (χ1n) is 5.54. The van der Waals surface area contributed by atoms with Gasteiger partial charge in [-0.25, -0.2) is 8.78 Å². The van der Waals surface area contributed by atoms with Gasteiger partial charge in [-0.3, -0.25) is 0 Å². The Hall–Kier alpha value is -0.960. The minimum atomic E-state index is -0.450. The molecule has 0 heterocycles. The van der Waals surface area contributed by atoms with E-state index in [1.165, 1.54) is 0 Å². The zero-order chi connectivity index (χ0) is 12.1. The Morgan fingerprint density at radius 1 is 1.31 bits per heavy atom. The second-order valence-electron chi connectivity index (χ2n) is 5.18. The van der Waals surface area contributed by atoms with Crippen LogP contribution in [0.25, 0.3) is 0 Å². The topological polar surface area (TPSA) is 12.0 Å². The minimum Gasteiger partial charge on any atom is -0.313 e. The molecule has 1 atom stereocenters. The third-order valence-corrected chi connectivity index (χ3v) is 3.61. The molecule has 16 heavy (non-hydrogen) atoms. The summed E-state index contributed by atoms with van der Waals surface area (Å²) in [5.41, 5.74) is 1.82. The smallest absolute Gasteiger partial charge is 0.130 e. The van der Waals surface area contributed by atoms with E-state index in [1.807, 2.05) is 20.9 Å². The third-order valence-electron chi connectivity index (χ3n) is 3.61. The Bertz CT molecular complexity index is 438. The standard InChI is InChI=1S/C13H17F2N/c1-7-8(14)5-9(15)12-11(7)10(16-4)6-13(12,2)3/h5,10,16H,6H2,1-4H3. The third kappa shape index (κ3) is 1.46. The lowest BCUT2D eigenvalue weighted by molar-refractivity contribution is 0.435. The highest BCUT2D eigenvalue weighted by atomic mass is 19.1. The molecule has 0 aliphatic heterocycles. The predicted molar refractivity (Wildman–Crippen MR) is 60.5 cm³/mol. The Kier molecular flexibility index (Phi) is 2.54. The molecule has 0 bridgehead atoms. The van der Waals surface area contributed by atoms with Gasteiger partial charge in [0.2, 0.25) is 0 Å². The Balaban J connectivity index is 2.74. The van der Waals surface area contributed by atoms with Crippen LogP contribution in [0.1, 0.15) is 43.0 Å². The number of halogens is 2. The summed E-state index contributed by atoms with van der Waals surface area (Å²) in [5, 5.41) is 3.14. The SMILES string of the molecule is CNC1CC(C)(C)c2c(F)cc(F)c(C)c21. The molecule has 1 aromatic rings. The summed E-state index contributed by atoms with van der Waals surface area (Å²) in [7, 11) is 1.83. The van der Waals surface area contributed by atoms with E-state index in [0.717, 1.165) is 18.1 Å². The Morgan fingerprint density at radius 3 is 2.50 bits per heavy atom. The number of rotatable bonds is 1. The zero-order valence-corrected chi connectivity index (χ0v) is 10.1. The summed E-state index contributed by atoms with van der Waals surface area (Å²) in [6, 6.07) is 1.06. The number of hydrogen-bond acceptors (Lipinski definition) is 1. The van der Waals surface area contributed by atoms with Crippen LogP contribution >= 0.6 is 0 Å². The molecule has 0 fully saturated rings. The van der Waals surface area contributed by atoms with E-state index >= 15 is 0 Å². The van der Waals surface area contributed by atoms with E-state index in [0.29, 0.717) is 11.1 Å². The van der Waals surface area contributed by atoms with Gasteiger partial charge < -0.3 is 5.32 Å². The molecule has 1 aliphatic carbocycles. The summed E-state index contributed by atoms with van der Waals surface area (Å²) in [4.78, 5) is 0. The molecular weight excluding hydrogens is 208 g/mol. The van der Waals surface area contributed by atoms with Gasteiger partial charge >= 0.3 is 0 Å². The normalized spacial score (nSPS) is 22.2. The lowest BCUT2D eigenvalue weighted by Gasteiger charge is -2.19. The van der Waals surface area contributed by atoms with Gasteiger partial charge in [0.25, 0.3) is 0 Å². The van der Waals surface area contributed by atoms with E-state index in [1.54, 1.807) is 6.92 Å². The van der Waals surface area contributed by atoms with Crippen LogP contribution in [-0.4, -0.2) is 7.05 Å². The van der Waals surface area contributed by atoms with E-state index in [2.05, 4.69) is 5.32 Å². The second-order valence-corrected chi connectivity index (χ2v) is 5.18. The fraction of sp³-hybridized carbons (Fsp3) is 0.538. The quantitative estimate of drug-likeness (QED) is 0.773. The number of fused-ring (bicyclic) bond motifs is 1. The highest BCUT2D eigenvalue weighted by molar-refractivity contribution is 5.47. The molecule has 1 nitrogen and oxygen atoms in total. The summed E-state index contributed by atoms with van der Waals surface area (Å²) >= 11 is 0. The summed E-state index contributed by atoms with van der Waals surface area (Å²) in [6.07, 6.45) is 0.806. The maximum Gasteiger partial charge on any atom is 0.130 e. The number of nitrogens with one attached hydrogen (secondary N) is 1. The zero-order valence-electron chi connectivity index (χ0n) is 10.1. The highest BCUT2D eigenvalue weighted by Gasteiger charge is 2.40. The molecule has 0 saturated heterocycles. The molecule has 0 saturated carbocycles. The molecule has 1 unspecified atom stereocenters. The maximum atomic E-state index is 13.9. The first-order valence-corrected chi connectivity index (χ1v) is 5.54. The van der Waals surface area contributed by atoms with E-state index in [4.69, 9.17) is 0 Å². The first-order chi connectivity index (χ1) is 7.38. The molecule has 1 N–H and O–H groups in total. The van der Waals surface area contributed by atoms with Crippen molar-refractivity contribution in [1.82, 2.24) is 5.32 Å². The molecule has 88 valence electrons. The van der Waals surface area contributed by atoms with Crippen molar-refractivity contribution in [3.63, 3.8) is 0 Å². The molecule has 3 heteroatoms. The lowest BCUT2D eigenvalue weighted by atomic mass is 9.85. The van der Waals surface area contributed by atoms with Crippen molar-refractivity contribution in [3.8, 4) is 0 Å². The highest BCUT2D eigenvalue weighted by Crippen LogP contribution is 2.47. The van der Waals surface area contributed by atoms with Crippen molar-refractivity contribution in [2.75, 3.05) is 7.05 Å². The largest absolute Gasteiger partial charge is 0.313 e. The summed E-state index contributed by atoms with van der Waals surface area (Å²) in [6.45, 7) is 5.73. The van der Waals surface area contributed by atoms with Crippen LogP contribution in [0, 0.1) is 18.6 Å². The van der Waals surface area contributed by atoms with Crippen molar-refractivity contribution in [1.29, 1.82) is 0 Å². The van der Waals surface area contributed by atoms with E-state index in [9.17, 15) is 8.78 Å². The van der Waals surface area contributed by atoms with Crippen LogP contribution in [-0.2, 0) is 5.41 Å². The fourth-order valence-corrected chi connectivity index (χ4v) is 2.82. The van der Waals surface area contributed by atoms with Gasteiger partial charge in [-0.1, -0.05) is 13.8 Å². The average molecular weight is 225 g/mol. The number of hydrogen-bond donors (Lipinski definition) is 1. The van der Waals surface area contributed by atoms with Gasteiger partial charge in [0.1, 0.15) is 11.6 Å². The molecule has 2 rings (SSSR count). The van der Waals surface area contributed by atoms with Crippen molar-refractivity contribution in [2.24, 2.45) is 0 Å². The van der Waals surface area contributed by atoms with Crippen LogP contribution in [0.4, 0.5) is 8.78 Å². The van der Waals surface area contributed by atoms with Gasteiger partial charge in [-0.05, 0) is 42.5 Å². The van der Waals surface area contributed by atoms with Crippen LogP contribution in [0.3, 0.4) is 0 Å². The molecule has 1 aromatic carbocycles. The monoisotopic (exact) mass is 225 g/mol. The van der Waals surface area contributed by atoms with Crippen molar-refractivity contribution in [3.05, 3.63) is 34.4 Å². The fourth-order valence-electron chi connectivity index (χ4n) is 2.82. The summed E-state index contributed by atoms with van der Waals surface area (Å²) in [5.74, 6) is -0.866. The van der Waals surface area contributed by atoms with E-state index in [-0.39, 0.29) is 11.5 Å². The maximum absolute atomic E-state index is 13.9. The summed E-state index contributed by atoms with van der Waals surface area (Å²) < 4.78 is 27.4. The van der Waals surface area contributed by atoms with Gasteiger partial charge in [0.15, 0.2) is 0 Å². The Morgan fingerprint density at radius 2 is 1.94 bits per heavy atom. The molecule has 1 aliphatic rings. The lowest BCUT2D eigenvalue weighted by Crippen LogP contribution is -2.17. The molecule has 0 spiro atoms. The van der Waals surface area contributed by atoms with Crippen molar-refractivity contribution >= 4 is 0 Å². The molecule has 0 aromatic heterocycles. The van der Waals surface area contributed by atoms with E-state index < -0.39 is 11.6 Å². The van der Waals surface area contributed by atoms with Gasteiger partial charge in [0, 0.05) is 12.1 Å².